The van der Waals surface area contributed by atoms with Gasteiger partial charge in [0.2, 0.25) is 5.91 Å². The van der Waals surface area contributed by atoms with Gasteiger partial charge >= 0.3 is 0 Å². The lowest BCUT2D eigenvalue weighted by molar-refractivity contribution is -0.134. The molecule has 0 bridgehead atoms. The van der Waals surface area contributed by atoms with E-state index in [-0.39, 0.29) is 24.1 Å². The molecule has 122 valence electrons. The van der Waals surface area contributed by atoms with Crippen molar-refractivity contribution in [2.75, 3.05) is 13.7 Å². The van der Waals surface area contributed by atoms with Gasteiger partial charge in [-0.3, -0.25) is 4.79 Å². The highest BCUT2D eigenvalue weighted by Gasteiger charge is 2.29. The van der Waals surface area contributed by atoms with Crippen molar-refractivity contribution in [2.45, 2.75) is 32.4 Å². The second-order valence-corrected chi connectivity index (χ2v) is 5.78. The van der Waals surface area contributed by atoms with Gasteiger partial charge in [0.05, 0.1) is 19.6 Å². The zero-order valence-electron chi connectivity index (χ0n) is 13.5. The van der Waals surface area contributed by atoms with Gasteiger partial charge in [0, 0.05) is 25.0 Å². The average Bonchev–Trinajstić information content (AvgIpc) is 3.02. The number of aromatic nitrogens is 1. The van der Waals surface area contributed by atoms with Crippen LogP contribution in [0.15, 0.2) is 36.5 Å². The highest BCUT2D eigenvalue weighted by atomic mass is 19.1. The first-order valence-electron chi connectivity index (χ1n) is 7.91. The molecule has 2 heterocycles. The van der Waals surface area contributed by atoms with Crippen molar-refractivity contribution in [2.24, 2.45) is 0 Å². The van der Waals surface area contributed by atoms with E-state index in [1.54, 1.807) is 12.1 Å². The van der Waals surface area contributed by atoms with Gasteiger partial charge in [-0.15, -0.1) is 0 Å². The second-order valence-electron chi connectivity index (χ2n) is 5.78. The topological polar surface area (TPSA) is 34.5 Å². The molecule has 1 aliphatic heterocycles. The van der Waals surface area contributed by atoms with Crippen LogP contribution in [0, 0.1) is 5.82 Å². The number of halogens is 1. The number of carbonyl (C=O) groups is 1. The molecule has 0 N–H and O–H groups in total. The summed E-state index contributed by atoms with van der Waals surface area (Å²) < 4.78 is 20.9. The molecule has 4 nitrogen and oxygen atoms in total. The Morgan fingerprint density at radius 1 is 1.35 bits per heavy atom. The molecule has 1 aromatic carbocycles. The van der Waals surface area contributed by atoms with Crippen LogP contribution >= 0.6 is 0 Å². The summed E-state index contributed by atoms with van der Waals surface area (Å²) in [6.45, 7) is 3.58. The van der Waals surface area contributed by atoms with Crippen LogP contribution in [0.3, 0.4) is 0 Å². The van der Waals surface area contributed by atoms with Crippen LogP contribution in [0.25, 0.3) is 0 Å². The Morgan fingerprint density at radius 2 is 2.17 bits per heavy atom. The number of methoxy groups -OCH3 is 1. The van der Waals surface area contributed by atoms with Crippen LogP contribution in [0.1, 0.15) is 30.6 Å². The summed E-state index contributed by atoms with van der Waals surface area (Å²) in [6.07, 6.45) is 3.13. The molecule has 0 saturated heterocycles. The van der Waals surface area contributed by atoms with Gasteiger partial charge in [0.15, 0.2) is 11.6 Å². The molecule has 0 spiro atoms. The van der Waals surface area contributed by atoms with Crippen LogP contribution in [0.2, 0.25) is 0 Å². The molecule has 1 aliphatic rings. The van der Waals surface area contributed by atoms with Gasteiger partial charge in [0.25, 0.3) is 0 Å². The standard InChI is InChI=1S/C18H21FN2O2/c1-3-15-16-5-4-8-20(16)9-10-21(15)18(22)12-13-6-7-17(23-2)14(19)11-13/h4-8,11,15H,3,9-10,12H2,1-2H3/t15-/m0/s1. The largest absolute Gasteiger partial charge is 0.494 e. The van der Waals surface area contributed by atoms with E-state index in [1.807, 2.05) is 11.0 Å². The lowest BCUT2D eigenvalue weighted by atomic mass is 10.0. The van der Waals surface area contributed by atoms with Crippen LogP contribution in [0.4, 0.5) is 4.39 Å². The minimum absolute atomic E-state index is 0.0360. The van der Waals surface area contributed by atoms with Gasteiger partial charge < -0.3 is 14.2 Å². The average molecular weight is 316 g/mol. The van der Waals surface area contributed by atoms with E-state index in [0.717, 1.165) is 13.0 Å². The van der Waals surface area contributed by atoms with Crippen molar-refractivity contribution in [1.29, 1.82) is 0 Å². The number of benzene rings is 1. The van der Waals surface area contributed by atoms with Crippen LogP contribution in [0.5, 0.6) is 5.75 Å². The smallest absolute Gasteiger partial charge is 0.227 e. The Hall–Kier alpha value is -2.30. The van der Waals surface area contributed by atoms with Crippen molar-refractivity contribution in [1.82, 2.24) is 9.47 Å². The number of hydrogen-bond donors (Lipinski definition) is 0. The third kappa shape index (κ3) is 2.96. The van der Waals surface area contributed by atoms with Gasteiger partial charge in [-0.05, 0) is 36.2 Å². The molecule has 5 heteroatoms. The number of ether oxygens (including phenoxy) is 1. The molecule has 0 fully saturated rings. The number of amides is 1. The van der Waals surface area contributed by atoms with Crippen molar-refractivity contribution in [3.8, 4) is 5.75 Å². The number of carbonyl (C=O) groups excluding carboxylic acids is 1. The van der Waals surface area contributed by atoms with Gasteiger partial charge in [-0.2, -0.15) is 0 Å². The van der Waals surface area contributed by atoms with E-state index in [2.05, 4.69) is 23.8 Å². The molecule has 2 aromatic rings. The molecule has 0 radical (unpaired) electrons. The third-order valence-electron chi connectivity index (χ3n) is 4.44. The number of fused-ring (bicyclic) bond motifs is 1. The van der Waals surface area contributed by atoms with E-state index in [9.17, 15) is 9.18 Å². The zero-order valence-corrected chi connectivity index (χ0v) is 13.5. The molecular formula is C18H21FN2O2. The number of rotatable bonds is 4. The Morgan fingerprint density at radius 3 is 2.87 bits per heavy atom. The Labute approximate surface area is 135 Å². The molecule has 23 heavy (non-hydrogen) atoms. The maximum Gasteiger partial charge on any atom is 0.227 e. The van der Waals surface area contributed by atoms with Crippen molar-refractivity contribution in [3.05, 3.63) is 53.6 Å². The highest BCUT2D eigenvalue weighted by Crippen LogP contribution is 2.29. The Balaban J connectivity index is 1.77. The SMILES string of the molecule is CC[C@H]1c2cccn2CCN1C(=O)Cc1ccc(OC)c(F)c1. The predicted octanol–water partition coefficient (Wildman–Crippen LogP) is 3.17. The third-order valence-corrected chi connectivity index (χ3v) is 4.44. The highest BCUT2D eigenvalue weighted by molar-refractivity contribution is 5.79. The van der Waals surface area contributed by atoms with E-state index < -0.39 is 5.82 Å². The molecule has 1 amide bonds. The summed E-state index contributed by atoms with van der Waals surface area (Å²) in [5.74, 6) is -0.199. The van der Waals surface area contributed by atoms with E-state index in [4.69, 9.17) is 4.74 Å². The van der Waals surface area contributed by atoms with Gasteiger partial charge in [-0.25, -0.2) is 4.39 Å². The fourth-order valence-corrected chi connectivity index (χ4v) is 3.29. The summed E-state index contributed by atoms with van der Waals surface area (Å²) in [5.41, 5.74) is 1.84. The molecule has 1 atom stereocenters. The maximum atomic E-state index is 13.8. The van der Waals surface area contributed by atoms with E-state index in [1.165, 1.54) is 18.9 Å². The quantitative estimate of drug-likeness (QED) is 0.868. The number of hydrogen-bond acceptors (Lipinski definition) is 2. The summed E-state index contributed by atoms with van der Waals surface area (Å²) in [4.78, 5) is 14.6. The van der Waals surface area contributed by atoms with Gasteiger partial charge in [-0.1, -0.05) is 13.0 Å². The first kappa shape index (κ1) is 15.6. The fourth-order valence-electron chi connectivity index (χ4n) is 3.29. The Bertz CT molecular complexity index is 711. The predicted molar refractivity (Wildman–Crippen MR) is 85.8 cm³/mol. The van der Waals surface area contributed by atoms with Gasteiger partial charge in [0.1, 0.15) is 0 Å². The molecule has 1 aromatic heterocycles. The summed E-state index contributed by atoms with van der Waals surface area (Å²) in [5, 5.41) is 0. The van der Waals surface area contributed by atoms with E-state index >= 15 is 0 Å². The first-order valence-corrected chi connectivity index (χ1v) is 7.91. The second kappa shape index (κ2) is 6.44. The zero-order chi connectivity index (χ0) is 16.4. The molecule has 3 rings (SSSR count). The molecule has 0 saturated carbocycles. The summed E-state index contributed by atoms with van der Waals surface area (Å²) in [6, 6.07) is 8.87. The maximum absolute atomic E-state index is 13.8. The monoisotopic (exact) mass is 316 g/mol. The lowest BCUT2D eigenvalue weighted by Crippen LogP contribution is -2.42. The summed E-state index contributed by atoms with van der Waals surface area (Å²) in [7, 11) is 1.43. The van der Waals surface area contributed by atoms with Crippen molar-refractivity contribution >= 4 is 5.91 Å². The van der Waals surface area contributed by atoms with E-state index in [0.29, 0.717) is 12.1 Å². The number of nitrogens with zero attached hydrogens (tertiary/aromatic N) is 2. The molecule has 0 unspecified atom stereocenters. The minimum Gasteiger partial charge on any atom is -0.494 e. The lowest BCUT2D eigenvalue weighted by Gasteiger charge is -2.36. The van der Waals surface area contributed by atoms with Crippen molar-refractivity contribution < 1.29 is 13.9 Å². The summed E-state index contributed by atoms with van der Waals surface area (Å²) >= 11 is 0. The Kier molecular flexibility index (Phi) is 4.37. The normalized spacial score (nSPS) is 17.0. The van der Waals surface area contributed by atoms with Crippen molar-refractivity contribution in [3.63, 3.8) is 0 Å². The van der Waals surface area contributed by atoms with Crippen LogP contribution in [-0.4, -0.2) is 29.0 Å². The first-order chi connectivity index (χ1) is 11.1. The molecular weight excluding hydrogens is 295 g/mol. The van der Waals surface area contributed by atoms with Crippen LogP contribution in [-0.2, 0) is 17.8 Å². The fraction of sp³-hybridized carbons (Fsp3) is 0.389. The van der Waals surface area contributed by atoms with Crippen LogP contribution < -0.4 is 4.74 Å². The molecule has 0 aliphatic carbocycles. The minimum atomic E-state index is -0.433.